The number of hydrogen-bond acceptors (Lipinski definition) is 4. The lowest BCUT2D eigenvalue weighted by atomic mass is 10.0. The highest BCUT2D eigenvalue weighted by molar-refractivity contribution is 5.93. The minimum absolute atomic E-state index is 0.140. The van der Waals surface area contributed by atoms with Gasteiger partial charge < -0.3 is 15.3 Å². The van der Waals surface area contributed by atoms with Crippen LogP contribution in [0.3, 0.4) is 0 Å². The molecule has 0 aliphatic carbocycles. The average molecular weight is 232 g/mol. The number of nitrogen functional groups attached to an aromatic ring is 1. The summed E-state index contributed by atoms with van der Waals surface area (Å²) in [4.78, 5) is 14.7. The Morgan fingerprint density at radius 3 is 2.76 bits per heavy atom. The molecular formula is C12H12N2O3. The lowest BCUT2D eigenvalue weighted by molar-refractivity contribution is 0.0691. The second-order valence-electron chi connectivity index (χ2n) is 3.85. The van der Waals surface area contributed by atoms with Gasteiger partial charge in [0.15, 0.2) is 11.5 Å². The van der Waals surface area contributed by atoms with Crippen molar-refractivity contribution in [2.24, 2.45) is 0 Å². The highest BCUT2D eigenvalue weighted by Gasteiger charge is 2.21. The molecule has 2 rings (SSSR count). The van der Waals surface area contributed by atoms with Gasteiger partial charge in [0.25, 0.3) is 6.01 Å². The van der Waals surface area contributed by atoms with Crippen LogP contribution < -0.4 is 5.73 Å². The summed E-state index contributed by atoms with van der Waals surface area (Å²) >= 11 is 0. The lowest BCUT2D eigenvalue weighted by Crippen LogP contribution is -2.00. The second-order valence-corrected chi connectivity index (χ2v) is 3.85. The molecule has 0 saturated carbocycles. The van der Waals surface area contributed by atoms with E-state index in [9.17, 15) is 4.79 Å². The summed E-state index contributed by atoms with van der Waals surface area (Å²) in [6, 6.07) is 5.55. The summed E-state index contributed by atoms with van der Waals surface area (Å²) in [5, 5.41) is 9.02. The summed E-state index contributed by atoms with van der Waals surface area (Å²) in [5.41, 5.74) is 7.87. The van der Waals surface area contributed by atoms with Crippen LogP contribution in [0.15, 0.2) is 22.6 Å². The molecule has 0 atom stereocenters. The third-order valence-corrected chi connectivity index (χ3v) is 2.48. The fourth-order valence-corrected chi connectivity index (χ4v) is 1.64. The fourth-order valence-electron chi connectivity index (χ4n) is 1.64. The van der Waals surface area contributed by atoms with Crippen molar-refractivity contribution < 1.29 is 14.3 Å². The Kier molecular flexibility index (Phi) is 2.59. The molecule has 0 unspecified atom stereocenters. The highest BCUT2D eigenvalue weighted by atomic mass is 16.4. The first-order valence-corrected chi connectivity index (χ1v) is 5.06. The van der Waals surface area contributed by atoms with Gasteiger partial charge in [-0.15, -0.1) is 0 Å². The van der Waals surface area contributed by atoms with Crippen molar-refractivity contribution in [2.45, 2.75) is 13.8 Å². The molecule has 0 aliphatic rings. The average Bonchev–Trinajstić information content (AvgIpc) is 2.64. The lowest BCUT2D eigenvalue weighted by Gasteiger charge is -2.04. The zero-order valence-electron chi connectivity index (χ0n) is 9.52. The van der Waals surface area contributed by atoms with Crippen LogP contribution >= 0.6 is 0 Å². The van der Waals surface area contributed by atoms with E-state index in [1.807, 2.05) is 32.0 Å². The van der Waals surface area contributed by atoms with Gasteiger partial charge in [-0.25, -0.2) is 4.79 Å². The quantitative estimate of drug-likeness (QED) is 0.828. The standard InChI is InChI=1S/C12H12N2O3/c1-6-3-4-7(2)8(5-6)10-9(11(15)16)14-12(13)17-10/h3-5H,1-2H3,(H2,13,14)(H,15,16). The molecule has 3 N–H and O–H groups in total. The van der Waals surface area contributed by atoms with Crippen LogP contribution in [0.25, 0.3) is 11.3 Å². The summed E-state index contributed by atoms with van der Waals surface area (Å²) in [7, 11) is 0. The Morgan fingerprint density at radius 2 is 2.12 bits per heavy atom. The zero-order valence-corrected chi connectivity index (χ0v) is 9.52. The van der Waals surface area contributed by atoms with Crippen LogP contribution in [0.5, 0.6) is 0 Å². The first kappa shape index (κ1) is 11.2. The number of carbonyl (C=O) groups is 1. The molecule has 1 aromatic carbocycles. The van der Waals surface area contributed by atoms with Gasteiger partial charge in [0.1, 0.15) is 0 Å². The van der Waals surface area contributed by atoms with E-state index in [0.29, 0.717) is 5.56 Å². The van der Waals surface area contributed by atoms with Crippen LogP contribution in [0.1, 0.15) is 21.6 Å². The number of aryl methyl sites for hydroxylation is 2. The molecule has 5 nitrogen and oxygen atoms in total. The van der Waals surface area contributed by atoms with Gasteiger partial charge in [-0.1, -0.05) is 17.7 Å². The number of carboxylic acid groups (broad SMARTS) is 1. The van der Waals surface area contributed by atoms with Crippen LogP contribution in [0.4, 0.5) is 6.01 Å². The van der Waals surface area contributed by atoms with E-state index in [4.69, 9.17) is 15.3 Å². The van der Waals surface area contributed by atoms with Gasteiger partial charge >= 0.3 is 5.97 Å². The van der Waals surface area contributed by atoms with Crippen LogP contribution in [0.2, 0.25) is 0 Å². The predicted octanol–water partition coefficient (Wildman–Crippen LogP) is 2.24. The molecule has 0 bridgehead atoms. The van der Waals surface area contributed by atoms with Crippen molar-refractivity contribution >= 4 is 12.0 Å². The van der Waals surface area contributed by atoms with Crippen molar-refractivity contribution in [2.75, 3.05) is 5.73 Å². The van der Waals surface area contributed by atoms with Crippen LogP contribution in [-0.2, 0) is 0 Å². The number of hydrogen-bond donors (Lipinski definition) is 2. The van der Waals surface area contributed by atoms with Gasteiger partial charge in [0.2, 0.25) is 0 Å². The van der Waals surface area contributed by atoms with E-state index in [1.165, 1.54) is 0 Å². The third kappa shape index (κ3) is 1.99. The number of anilines is 1. The van der Waals surface area contributed by atoms with Gasteiger partial charge in [0.05, 0.1) is 0 Å². The van der Waals surface area contributed by atoms with Crippen molar-refractivity contribution in [3.05, 3.63) is 35.0 Å². The van der Waals surface area contributed by atoms with E-state index in [1.54, 1.807) is 0 Å². The van der Waals surface area contributed by atoms with E-state index in [0.717, 1.165) is 11.1 Å². The van der Waals surface area contributed by atoms with Crippen LogP contribution in [-0.4, -0.2) is 16.1 Å². The molecule has 2 aromatic rings. The van der Waals surface area contributed by atoms with Crippen LogP contribution in [0, 0.1) is 13.8 Å². The minimum Gasteiger partial charge on any atom is -0.476 e. The second kappa shape index (κ2) is 3.93. The molecule has 0 amide bonds. The van der Waals surface area contributed by atoms with E-state index in [2.05, 4.69) is 4.98 Å². The molecule has 0 radical (unpaired) electrons. The summed E-state index contributed by atoms with van der Waals surface area (Å²) in [6.45, 7) is 3.79. The maximum atomic E-state index is 11.0. The zero-order chi connectivity index (χ0) is 12.6. The van der Waals surface area contributed by atoms with E-state index in [-0.39, 0.29) is 17.5 Å². The van der Waals surface area contributed by atoms with E-state index < -0.39 is 5.97 Å². The molecular weight excluding hydrogens is 220 g/mol. The van der Waals surface area contributed by atoms with Crippen molar-refractivity contribution in [3.8, 4) is 11.3 Å². The summed E-state index contributed by atoms with van der Waals surface area (Å²) < 4.78 is 5.18. The Bertz CT molecular complexity index is 587. The number of aromatic nitrogens is 1. The summed E-state index contributed by atoms with van der Waals surface area (Å²) in [5.74, 6) is -0.947. The Hall–Kier alpha value is -2.30. The van der Waals surface area contributed by atoms with Gasteiger partial charge in [-0.05, 0) is 25.5 Å². The normalized spacial score (nSPS) is 10.5. The fraction of sp³-hybridized carbons (Fsp3) is 0.167. The SMILES string of the molecule is Cc1ccc(C)c(-c2oc(N)nc2C(=O)O)c1. The smallest absolute Gasteiger partial charge is 0.358 e. The number of rotatable bonds is 2. The van der Waals surface area contributed by atoms with E-state index >= 15 is 0 Å². The van der Waals surface area contributed by atoms with Crippen molar-refractivity contribution in [3.63, 3.8) is 0 Å². The van der Waals surface area contributed by atoms with Gasteiger partial charge in [-0.3, -0.25) is 0 Å². The van der Waals surface area contributed by atoms with Gasteiger partial charge in [0, 0.05) is 5.56 Å². The Morgan fingerprint density at radius 1 is 1.41 bits per heavy atom. The maximum Gasteiger partial charge on any atom is 0.358 e. The maximum absolute atomic E-state index is 11.0. The molecule has 0 aliphatic heterocycles. The number of oxazole rings is 1. The monoisotopic (exact) mass is 232 g/mol. The first-order chi connectivity index (χ1) is 7.99. The highest BCUT2D eigenvalue weighted by Crippen LogP contribution is 2.29. The molecule has 1 aromatic heterocycles. The number of aromatic carboxylic acids is 1. The van der Waals surface area contributed by atoms with Crippen molar-refractivity contribution in [1.82, 2.24) is 4.98 Å². The summed E-state index contributed by atoms with van der Waals surface area (Å²) in [6.07, 6.45) is 0. The Labute approximate surface area is 97.9 Å². The predicted molar refractivity (Wildman–Crippen MR) is 62.8 cm³/mol. The molecule has 5 heteroatoms. The molecule has 1 heterocycles. The molecule has 88 valence electrons. The molecule has 0 fully saturated rings. The number of benzene rings is 1. The largest absolute Gasteiger partial charge is 0.476 e. The Balaban J connectivity index is 2.67. The van der Waals surface area contributed by atoms with Crippen molar-refractivity contribution in [1.29, 1.82) is 0 Å². The van der Waals surface area contributed by atoms with Gasteiger partial charge in [-0.2, -0.15) is 4.98 Å². The first-order valence-electron chi connectivity index (χ1n) is 5.06. The third-order valence-electron chi connectivity index (χ3n) is 2.48. The topological polar surface area (TPSA) is 89.4 Å². The molecule has 0 saturated heterocycles. The minimum atomic E-state index is -1.15. The number of carboxylic acids is 1. The molecule has 0 spiro atoms. The number of nitrogens with zero attached hydrogens (tertiary/aromatic N) is 1. The number of nitrogens with two attached hydrogens (primary N) is 1. The molecule has 17 heavy (non-hydrogen) atoms.